The lowest BCUT2D eigenvalue weighted by atomic mass is 9.73. The Hall–Kier alpha value is -0.610. The van der Waals surface area contributed by atoms with E-state index in [4.69, 9.17) is 9.94 Å². The van der Waals surface area contributed by atoms with Crippen molar-refractivity contribution in [2.75, 3.05) is 6.61 Å². The summed E-state index contributed by atoms with van der Waals surface area (Å²) in [5, 5.41) is 11.0. The van der Waals surface area contributed by atoms with E-state index in [0.29, 0.717) is 6.42 Å². The SMILES string of the molecule is CCCCCCON1C(C)(C)CC(CCCCCCCCCCCCCCCCCCCC(=O)O)CC1(C)C. The van der Waals surface area contributed by atoms with Crippen molar-refractivity contribution in [2.45, 2.75) is 206 Å². The number of nitrogens with zero attached hydrogens (tertiary/aromatic N) is 1. The lowest BCUT2D eigenvalue weighted by Gasteiger charge is -2.54. The fourth-order valence-electron chi connectivity index (χ4n) is 7.07. The molecule has 0 amide bonds. The minimum absolute atomic E-state index is 0.127. The van der Waals surface area contributed by atoms with Crippen LogP contribution < -0.4 is 0 Å². The molecule has 0 unspecified atom stereocenters. The first-order chi connectivity index (χ1) is 18.7. The molecule has 0 aromatic carbocycles. The van der Waals surface area contributed by atoms with E-state index in [1.807, 2.05) is 0 Å². The van der Waals surface area contributed by atoms with Gasteiger partial charge in [-0.15, -0.1) is 0 Å². The molecule has 0 bridgehead atoms. The quantitative estimate of drug-likeness (QED) is 0.109. The Kier molecular flexibility index (Phi) is 20.6. The van der Waals surface area contributed by atoms with Crippen LogP contribution in [0.15, 0.2) is 0 Å². The minimum Gasteiger partial charge on any atom is -0.481 e. The second kappa shape index (κ2) is 22.0. The third-order valence-electron chi connectivity index (χ3n) is 8.90. The first kappa shape index (κ1) is 36.4. The van der Waals surface area contributed by atoms with Gasteiger partial charge < -0.3 is 5.11 Å². The zero-order valence-corrected chi connectivity index (χ0v) is 27.2. The fraction of sp³-hybridized carbons (Fsp3) is 0.971. The van der Waals surface area contributed by atoms with Crippen LogP contribution >= 0.6 is 0 Å². The molecule has 4 heteroatoms. The average molecular weight is 552 g/mol. The van der Waals surface area contributed by atoms with Crippen LogP contribution in [0, 0.1) is 5.92 Å². The molecule has 39 heavy (non-hydrogen) atoms. The van der Waals surface area contributed by atoms with Crippen molar-refractivity contribution in [1.82, 2.24) is 5.06 Å². The molecule has 1 rings (SSSR count). The molecule has 1 aliphatic heterocycles. The van der Waals surface area contributed by atoms with Crippen molar-refractivity contribution in [3.8, 4) is 0 Å². The van der Waals surface area contributed by atoms with Crippen LogP contribution in [-0.4, -0.2) is 33.8 Å². The normalized spacial score (nSPS) is 17.6. The van der Waals surface area contributed by atoms with E-state index >= 15 is 0 Å². The van der Waals surface area contributed by atoms with Crippen molar-refractivity contribution in [3.05, 3.63) is 0 Å². The molecule has 232 valence electrons. The number of piperidine rings is 1. The van der Waals surface area contributed by atoms with Crippen LogP contribution in [0.1, 0.15) is 195 Å². The Morgan fingerprint density at radius 2 is 1.03 bits per heavy atom. The molecule has 1 aliphatic rings. The van der Waals surface area contributed by atoms with Gasteiger partial charge in [0.25, 0.3) is 0 Å². The number of hydroxylamine groups is 2. The Morgan fingerprint density at radius 3 is 1.44 bits per heavy atom. The van der Waals surface area contributed by atoms with Crippen LogP contribution in [0.3, 0.4) is 0 Å². The summed E-state index contributed by atoms with van der Waals surface area (Å²) in [4.78, 5) is 16.9. The van der Waals surface area contributed by atoms with Gasteiger partial charge in [0.05, 0.1) is 6.61 Å². The maximum absolute atomic E-state index is 10.5. The third kappa shape index (κ3) is 18.4. The maximum Gasteiger partial charge on any atom is 0.303 e. The molecule has 1 fully saturated rings. The molecule has 0 aliphatic carbocycles. The van der Waals surface area contributed by atoms with Gasteiger partial charge in [-0.3, -0.25) is 9.63 Å². The van der Waals surface area contributed by atoms with Gasteiger partial charge in [-0.1, -0.05) is 135 Å². The van der Waals surface area contributed by atoms with Crippen molar-refractivity contribution in [1.29, 1.82) is 0 Å². The number of carbonyl (C=O) groups is 1. The van der Waals surface area contributed by atoms with E-state index < -0.39 is 5.97 Å². The molecular weight excluding hydrogens is 482 g/mol. The first-order valence-corrected chi connectivity index (χ1v) is 17.3. The van der Waals surface area contributed by atoms with Crippen molar-refractivity contribution in [3.63, 3.8) is 0 Å². The Balaban J connectivity index is 1.95. The van der Waals surface area contributed by atoms with Gasteiger partial charge in [0.2, 0.25) is 0 Å². The number of rotatable bonds is 26. The first-order valence-electron chi connectivity index (χ1n) is 17.3. The number of aliphatic carboxylic acids is 1. The van der Waals surface area contributed by atoms with Crippen LogP contribution in [0.2, 0.25) is 0 Å². The van der Waals surface area contributed by atoms with Crippen molar-refractivity contribution in [2.24, 2.45) is 5.92 Å². The highest BCUT2D eigenvalue weighted by Crippen LogP contribution is 2.43. The van der Waals surface area contributed by atoms with Crippen molar-refractivity contribution < 1.29 is 14.7 Å². The Bertz CT molecular complexity index is 570. The number of hydrogen-bond donors (Lipinski definition) is 1. The molecule has 0 saturated carbocycles. The topological polar surface area (TPSA) is 49.8 Å². The molecule has 4 nitrogen and oxygen atoms in total. The number of carboxylic acids is 1. The van der Waals surface area contributed by atoms with Gasteiger partial charge in [-0.05, 0) is 59.3 Å². The number of unbranched alkanes of at least 4 members (excludes halogenated alkanes) is 19. The fourth-order valence-corrected chi connectivity index (χ4v) is 7.07. The lowest BCUT2D eigenvalue weighted by molar-refractivity contribution is -0.288. The molecule has 0 atom stereocenters. The largest absolute Gasteiger partial charge is 0.481 e. The summed E-state index contributed by atoms with van der Waals surface area (Å²) in [5.74, 6) is 0.179. The van der Waals surface area contributed by atoms with E-state index in [9.17, 15) is 4.79 Å². The van der Waals surface area contributed by atoms with Gasteiger partial charge >= 0.3 is 5.97 Å². The molecular formula is C35H69NO3. The van der Waals surface area contributed by atoms with Crippen LogP contribution in [0.5, 0.6) is 0 Å². The van der Waals surface area contributed by atoms with Gasteiger partial charge in [-0.2, -0.15) is 5.06 Å². The molecule has 0 aromatic rings. The van der Waals surface area contributed by atoms with Crippen LogP contribution in [0.25, 0.3) is 0 Å². The van der Waals surface area contributed by atoms with Gasteiger partial charge in [-0.25, -0.2) is 0 Å². The summed E-state index contributed by atoms with van der Waals surface area (Å²) in [7, 11) is 0. The highest BCUT2D eigenvalue weighted by Gasteiger charge is 2.46. The minimum atomic E-state index is -0.653. The summed E-state index contributed by atoms with van der Waals surface area (Å²) in [6.07, 6.45) is 32.0. The standard InChI is InChI=1S/C35H69NO3/c1-6-7-8-26-29-39-36-34(2,3)30-32(31-35(36,4)5)27-24-22-20-18-16-14-12-10-9-11-13-15-17-19-21-23-25-28-33(37)38/h32H,6-31H2,1-5H3,(H,37,38). The molecule has 0 radical (unpaired) electrons. The zero-order chi connectivity index (χ0) is 28.8. The van der Waals surface area contributed by atoms with E-state index in [1.165, 1.54) is 141 Å². The van der Waals surface area contributed by atoms with E-state index in [0.717, 1.165) is 25.4 Å². The molecule has 1 saturated heterocycles. The van der Waals surface area contributed by atoms with E-state index in [1.54, 1.807) is 0 Å². The summed E-state index contributed by atoms with van der Waals surface area (Å²) >= 11 is 0. The highest BCUT2D eigenvalue weighted by molar-refractivity contribution is 5.66. The number of carboxylic acid groups (broad SMARTS) is 1. The highest BCUT2D eigenvalue weighted by atomic mass is 16.7. The molecule has 0 spiro atoms. The van der Waals surface area contributed by atoms with Gasteiger partial charge in [0.1, 0.15) is 0 Å². The van der Waals surface area contributed by atoms with Gasteiger partial charge in [0.15, 0.2) is 0 Å². The van der Waals surface area contributed by atoms with Crippen LogP contribution in [-0.2, 0) is 9.63 Å². The molecule has 1 heterocycles. The third-order valence-corrected chi connectivity index (χ3v) is 8.90. The molecule has 1 N–H and O–H groups in total. The van der Waals surface area contributed by atoms with E-state index in [-0.39, 0.29) is 11.1 Å². The average Bonchev–Trinajstić information content (AvgIpc) is 2.85. The Labute approximate surface area is 244 Å². The summed E-state index contributed by atoms with van der Waals surface area (Å²) < 4.78 is 0. The smallest absolute Gasteiger partial charge is 0.303 e. The van der Waals surface area contributed by atoms with Crippen LogP contribution in [0.4, 0.5) is 0 Å². The second-order valence-corrected chi connectivity index (χ2v) is 14.0. The van der Waals surface area contributed by atoms with Gasteiger partial charge in [0, 0.05) is 17.5 Å². The number of hydrogen-bond acceptors (Lipinski definition) is 3. The monoisotopic (exact) mass is 552 g/mol. The summed E-state index contributed by atoms with van der Waals surface area (Å²) in [6.45, 7) is 12.7. The predicted molar refractivity (Wildman–Crippen MR) is 168 cm³/mol. The Morgan fingerprint density at radius 1 is 0.641 bits per heavy atom. The van der Waals surface area contributed by atoms with Crippen molar-refractivity contribution >= 4 is 5.97 Å². The summed E-state index contributed by atoms with van der Waals surface area (Å²) in [5.41, 5.74) is 0.253. The lowest BCUT2D eigenvalue weighted by Crippen LogP contribution is -2.60. The maximum atomic E-state index is 10.5. The second-order valence-electron chi connectivity index (χ2n) is 14.0. The summed E-state index contributed by atoms with van der Waals surface area (Å²) in [6, 6.07) is 0. The van der Waals surface area contributed by atoms with E-state index in [2.05, 4.69) is 39.7 Å². The zero-order valence-electron chi connectivity index (χ0n) is 27.2. The predicted octanol–water partition coefficient (Wildman–Crippen LogP) is 11.3. The molecule has 0 aromatic heterocycles.